The number of carbonyl (C=O) groups excluding carboxylic acids is 3. The van der Waals surface area contributed by atoms with E-state index in [2.05, 4.69) is 16.0 Å². The topological polar surface area (TPSA) is 191 Å². The van der Waals surface area contributed by atoms with Gasteiger partial charge in [0.1, 0.15) is 18.1 Å². The van der Waals surface area contributed by atoms with Crippen LogP contribution in [0.4, 0.5) is 0 Å². The highest BCUT2D eigenvalue weighted by Crippen LogP contribution is 2.05. The molecule has 8 N–H and O–H groups in total. The van der Waals surface area contributed by atoms with Crippen LogP contribution in [0, 0.1) is 0 Å². The van der Waals surface area contributed by atoms with Gasteiger partial charge in [-0.25, -0.2) is 4.79 Å². The fraction of sp³-hybridized carbons (Fsp3) is 0.360. The van der Waals surface area contributed by atoms with Gasteiger partial charge in [0, 0.05) is 6.42 Å². The Morgan fingerprint density at radius 1 is 0.778 bits per heavy atom. The summed E-state index contributed by atoms with van der Waals surface area (Å²) in [6, 6.07) is 12.3. The first-order chi connectivity index (χ1) is 17.1. The van der Waals surface area contributed by atoms with E-state index in [4.69, 9.17) is 5.73 Å². The molecule has 0 aliphatic carbocycles. The Morgan fingerprint density at radius 2 is 1.28 bits per heavy atom. The molecule has 0 fully saturated rings. The standard InChI is InChI=1S/C25H32N4O7/c1-15(31)21(29-22(32)18(26)12-16-8-4-2-5-9-16)24(34)28-20(14-30)23(33)27-19(25(35)36)13-17-10-6-3-7-11-17/h2-11,15,18-21,30-31H,12-14,26H2,1H3,(H,27,33)(H,28,34)(H,29,32)(H,35,36). The molecule has 3 amide bonds. The van der Waals surface area contributed by atoms with Crippen molar-refractivity contribution >= 4 is 23.7 Å². The molecule has 2 aromatic carbocycles. The Balaban J connectivity index is 2.01. The molecule has 2 rings (SSSR count). The average molecular weight is 501 g/mol. The van der Waals surface area contributed by atoms with Crippen molar-refractivity contribution in [1.29, 1.82) is 0 Å². The maximum atomic E-state index is 12.8. The van der Waals surface area contributed by atoms with E-state index in [1.165, 1.54) is 6.92 Å². The minimum absolute atomic E-state index is 0.0142. The van der Waals surface area contributed by atoms with Crippen LogP contribution in [0.5, 0.6) is 0 Å². The molecule has 0 radical (unpaired) electrons. The van der Waals surface area contributed by atoms with Crippen molar-refractivity contribution < 1.29 is 34.5 Å². The number of nitrogens with one attached hydrogen (secondary N) is 3. The van der Waals surface area contributed by atoms with Crippen LogP contribution in [0.15, 0.2) is 60.7 Å². The molecule has 0 bridgehead atoms. The maximum absolute atomic E-state index is 12.8. The summed E-state index contributed by atoms with van der Waals surface area (Å²) in [5, 5.41) is 36.1. The van der Waals surface area contributed by atoms with Crippen molar-refractivity contribution in [1.82, 2.24) is 16.0 Å². The van der Waals surface area contributed by atoms with Crippen LogP contribution in [-0.2, 0) is 32.0 Å². The molecule has 5 unspecified atom stereocenters. The summed E-state index contributed by atoms with van der Waals surface area (Å²) in [4.78, 5) is 49.5. The maximum Gasteiger partial charge on any atom is 0.326 e. The molecular formula is C25H32N4O7. The second-order valence-corrected chi connectivity index (χ2v) is 8.36. The molecule has 0 spiro atoms. The molecule has 0 aliphatic heterocycles. The lowest BCUT2D eigenvalue weighted by Gasteiger charge is -2.25. The van der Waals surface area contributed by atoms with Gasteiger partial charge in [-0.1, -0.05) is 60.7 Å². The van der Waals surface area contributed by atoms with E-state index in [0.29, 0.717) is 5.56 Å². The fourth-order valence-electron chi connectivity index (χ4n) is 3.40. The van der Waals surface area contributed by atoms with E-state index in [0.717, 1.165) is 5.56 Å². The predicted molar refractivity (Wildman–Crippen MR) is 130 cm³/mol. The Labute approximate surface area is 208 Å². The second kappa shape index (κ2) is 13.9. The van der Waals surface area contributed by atoms with Gasteiger partial charge in [0.15, 0.2) is 0 Å². The van der Waals surface area contributed by atoms with Crippen LogP contribution in [0.2, 0.25) is 0 Å². The van der Waals surface area contributed by atoms with Gasteiger partial charge in [-0.3, -0.25) is 14.4 Å². The molecule has 11 heteroatoms. The summed E-state index contributed by atoms with van der Waals surface area (Å²) in [5.74, 6) is -3.88. The lowest BCUT2D eigenvalue weighted by atomic mass is 10.0. The molecular weight excluding hydrogens is 468 g/mol. The van der Waals surface area contributed by atoms with Gasteiger partial charge in [0.05, 0.1) is 18.8 Å². The number of rotatable bonds is 13. The first-order valence-corrected chi connectivity index (χ1v) is 11.4. The zero-order valence-electron chi connectivity index (χ0n) is 19.8. The minimum atomic E-state index is -1.52. The third-order valence-electron chi connectivity index (χ3n) is 5.41. The van der Waals surface area contributed by atoms with Gasteiger partial charge < -0.3 is 37.0 Å². The molecule has 2 aromatic rings. The quantitative estimate of drug-likeness (QED) is 0.177. The van der Waals surface area contributed by atoms with Crippen molar-refractivity contribution in [3.63, 3.8) is 0 Å². The molecule has 36 heavy (non-hydrogen) atoms. The Bertz CT molecular complexity index is 1020. The summed E-state index contributed by atoms with van der Waals surface area (Å²) in [5.41, 5.74) is 7.40. The van der Waals surface area contributed by atoms with Crippen molar-refractivity contribution in [2.45, 2.75) is 50.0 Å². The Morgan fingerprint density at radius 3 is 1.75 bits per heavy atom. The lowest BCUT2D eigenvalue weighted by Crippen LogP contribution is -2.60. The van der Waals surface area contributed by atoms with Gasteiger partial charge in [-0.05, 0) is 24.5 Å². The van der Waals surface area contributed by atoms with E-state index in [-0.39, 0.29) is 12.8 Å². The number of amides is 3. The summed E-state index contributed by atoms with van der Waals surface area (Å²) < 4.78 is 0. The first kappa shape index (κ1) is 28.4. The van der Waals surface area contributed by atoms with Crippen molar-refractivity contribution in [3.05, 3.63) is 71.8 Å². The lowest BCUT2D eigenvalue weighted by molar-refractivity contribution is -0.142. The van der Waals surface area contributed by atoms with Crippen LogP contribution < -0.4 is 21.7 Å². The highest BCUT2D eigenvalue weighted by atomic mass is 16.4. The largest absolute Gasteiger partial charge is 0.480 e. The predicted octanol–water partition coefficient (Wildman–Crippen LogP) is -1.29. The molecule has 0 aliphatic rings. The van der Waals surface area contributed by atoms with Gasteiger partial charge >= 0.3 is 5.97 Å². The van der Waals surface area contributed by atoms with Crippen LogP contribution >= 0.6 is 0 Å². The van der Waals surface area contributed by atoms with Gasteiger partial charge in [0.2, 0.25) is 17.7 Å². The van der Waals surface area contributed by atoms with E-state index in [1.807, 2.05) is 6.07 Å². The molecule has 0 saturated heterocycles. The highest BCUT2D eigenvalue weighted by Gasteiger charge is 2.32. The van der Waals surface area contributed by atoms with Crippen molar-refractivity contribution in [2.24, 2.45) is 5.73 Å². The second-order valence-electron chi connectivity index (χ2n) is 8.36. The number of hydrogen-bond donors (Lipinski definition) is 7. The number of carboxylic acids is 1. The van der Waals surface area contributed by atoms with Crippen LogP contribution in [0.25, 0.3) is 0 Å². The summed E-state index contributed by atoms with van der Waals surface area (Å²) in [6.45, 7) is 0.421. The first-order valence-electron chi connectivity index (χ1n) is 11.4. The van der Waals surface area contributed by atoms with Gasteiger partial charge in [-0.15, -0.1) is 0 Å². The molecule has 0 heterocycles. The monoisotopic (exact) mass is 500 g/mol. The molecule has 194 valence electrons. The van der Waals surface area contributed by atoms with E-state index in [9.17, 15) is 34.5 Å². The normalized spacial score (nSPS) is 15.0. The van der Waals surface area contributed by atoms with E-state index >= 15 is 0 Å². The van der Waals surface area contributed by atoms with Crippen LogP contribution in [-0.4, -0.2) is 75.9 Å². The molecule has 0 saturated carbocycles. The number of nitrogens with two attached hydrogens (primary N) is 1. The fourth-order valence-corrected chi connectivity index (χ4v) is 3.40. The number of aliphatic carboxylic acids is 1. The summed E-state index contributed by atoms with van der Waals surface area (Å²) in [6.07, 6.45) is -1.18. The number of aliphatic hydroxyl groups is 2. The van der Waals surface area contributed by atoms with Crippen molar-refractivity contribution in [3.8, 4) is 0 Å². The average Bonchev–Trinajstić information content (AvgIpc) is 2.85. The SMILES string of the molecule is CC(O)C(NC(=O)C(N)Cc1ccccc1)C(=O)NC(CO)C(=O)NC(Cc1ccccc1)C(=O)O. The molecule has 0 aromatic heterocycles. The van der Waals surface area contributed by atoms with Crippen LogP contribution in [0.1, 0.15) is 18.1 Å². The Hall–Kier alpha value is -3.80. The Kier molecular flexibility index (Phi) is 11.0. The number of benzene rings is 2. The third-order valence-corrected chi connectivity index (χ3v) is 5.41. The number of carboxylic acid groups (broad SMARTS) is 1. The smallest absolute Gasteiger partial charge is 0.326 e. The zero-order valence-corrected chi connectivity index (χ0v) is 19.8. The van der Waals surface area contributed by atoms with Crippen LogP contribution in [0.3, 0.4) is 0 Å². The zero-order chi connectivity index (χ0) is 26.7. The minimum Gasteiger partial charge on any atom is -0.480 e. The molecule has 11 nitrogen and oxygen atoms in total. The van der Waals surface area contributed by atoms with Gasteiger partial charge in [0.25, 0.3) is 0 Å². The summed E-state index contributed by atoms with van der Waals surface area (Å²) >= 11 is 0. The number of carbonyl (C=O) groups is 4. The number of aliphatic hydroxyl groups excluding tert-OH is 2. The van der Waals surface area contributed by atoms with E-state index < -0.39 is 60.6 Å². The third kappa shape index (κ3) is 8.77. The number of hydrogen-bond acceptors (Lipinski definition) is 7. The summed E-state index contributed by atoms with van der Waals surface area (Å²) in [7, 11) is 0. The van der Waals surface area contributed by atoms with Gasteiger partial charge in [-0.2, -0.15) is 0 Å². The molecule has 5 atom stereocenters. The highest BCUT2D eigenvalue weighted by molar-refractivity contribution is 5.94. The van der Waals surface area contributed by atoms with E-state index in [1.54, 1.807) is 54.6 Å². The van der Waals surface area contributed by atoms with Crippen molar-refractivity contribution in [2.75, 3.05) is 6.61 Å².